The van der Waals surface area contributed by atoms with E-state index in [0.29, 0.717) is 0 Å². The topological polar surface area (TPSA) is 30.2 Å². The number of hydrogen-bond donors (Lipinski definition) is 0. The van der Waals surface area contributed by atoms with Crippen LogP contribution < -0.4 is 0 Å². The highest BCUT2D eigenvalue weighted by molar-refractivity contribution is 7.99. The number of carbonyl (C=O) groups excluding carboxylic acids is 1. The van der Waals surface area contributed by atoms with E-state index in [-0.39, 0.29) is 0 Å². The first-order valence-corrected chi connectivity index (χ1v) is 5.80. The van der Waals surface area contributed by atoms with Crippen molar-refractivity contribution in [3.05, 3.63) is 47.4 Å². The molecule has 0 atom stereocenters. The van der Waals surface area contributed by atoms with Gasteiger partial charge >= 0.3 is 0 Å². The second-order valence-corrected chi connectivity index (χ2v) is 4.69. The van der Waals surface area contributed by atoms with Crippen LogP contribution in [0.15, 0.2) is 44.7 Å². The number of carbonyl (C=O) groups is 1. The smallest absolute Gasteiger partial charge is 0.151 e. The highest BCUT2D eigenvalue weighted by atomic mass is 32.2. The van der Waals surface area contributed by atoms with Crippen LogP contribution >= 0.6 is 11.8 Å². The summed E-state index contributed by atoms with van der Waals surface area (Å²) in [5.41, 5.74) is 1.82. The van der Waals surface area contributed by atoms with E-state index < -0.39 is 0 Å². The summed E-state index contributed by atoms with van der Waals surface area (Å²) in [6.07, 6.45) is 2.55. The summed E-state index contributed by atoms with van der Waals surface area (Å²) in [6, 6.07) is 7.78. The monoisotopic (exact) mass is 232 g/mol. The number of hydrogen-bond acceptors (Lipinski definition) is 3. The summed E-state index contributed by atoms with van der Waals surface area (Å²) < 4.78 is 5.22. The molecule has 0 bridgehead atoms. The summed E-state index contributed by atoms with van der Waals surface area (Å²) in [7, 11) is 0. The lowest BCUT2D eigenvalue weighted by atomic mass is 10.2. The number of aryl methyl sites for hydroxylation is 2. The first-order valence-electron chi connectivity index (χ1n) is 4.98. The second kappa shape index (κ2) is 4.58. The first-order chi connectivity index (χ1) is 7.70. The quantitative estimate of drug-likeness (QED) is 0.753. The molecule has 0 aliphatic heterocycles. The summed E-state index contributed by atoms with van der Waals surface area (Å²) in [6.45, 7) is 3.89. The van der Waals surface area contributed by atoms with Crippen molar-refractivity contribution in [2.45, 2.75) is 23.6 Å². The van der Waals surface area contributed by atoms with Crippen molar-refractivity contribution in [1.82, 2.24) is 0 Å². The van der Waals surface area contributed by atoms with E-state index in [9.17, 15) is 4.79 Å². The Bertz CT molecular complexity index is 514. The van der Waals surface area contributed by atoms with Crippen LogP contribution in [0.4, 0.5) is 0 Å². The van der Waals surface area contributed by atoms with E-state index in [1.54, 1.807) is 18.0 Å². The Morgan fingerprint density at radius 2 is 2.00 bits per heavy atom. The Labute approximate surface area is 98.7 Å². The Kier molecular flexibility index (Phi) is 3.15. The van der Waals surface area contributed by atoms with Crippen LogP contribution in [0.5, 0.6) is 0 Å². The molecule has 16 heavy (non-hydrogen) atoms. The van der Waals surface area contributed by atoms with Crippen molar-refractivity contribution in [3.8, 4) is 0 Å². The molecule has 1 aromatic heterocycles. The van der Waals surface area contributed by atoms with Crippen molar-refractivity contribution in [2.75, 3.05) is 0 Å². The molecule has 0 N–H and O–H groups in total. The van der Waals surface area contributed by atoms with E-state index in [1.165, 1.54) is 0 Å². The molecule has 1 heterocycles. The van der Waals surface area contributed by atoms with Gasteiger partial charge in [0.1, 0.15) is 5.76 Å². The fraction of sp³-hybridized carbons (Fsp3) is 0.154. The van der Waals surface area contributed by atoms with E-state index in [4.69, 9.17) is 4.42 Å². The Balaban J connectivity index is 2.34. The third-order valence-corrected chi connectivity index (χ3v) is 3.56. The molecule has 0 saturated heterocycles. The standard InChI is InChI=1S/C13H12O2S/c1-9-3-4-13(11(7-9)8-14)16-12-5-6-15-10(12)2/h3-8H,1-2H3. The highest BCUT2D eigenvalue weighted by Gasteiger charge is 2.07. The molecule has 1 aromatic carbocycles. The van der Waals surface area contributed by atoms with Crippen molar-refractivity contribution in [2.24, 2.45) is 0 Å². The normalized spacial score (nSPS) is 10.4. The van der Waals surface area contributed by atoms with Crippen LogP contribution in [-0.2, 0) is 0 Å². The minimum absolute atomic E-state index is 0.727. The summed E-state index contributed by atoms with van der Waals surface area (Å²) >= 11 is 1.56. The minimum atomic E-state index is 0.727. The molecular weight excluding hydrogens is 220 g/mol. The van der Waals surface area contributed by atoms with Gasteiger partial charge in [0.2, 0.25) is 0 Å². The second-order valence-electron chi connectivity index (χ2n) is 3.60. The van der Waals surface area contributed by atoms with Gasteiger partial charge in [-0.05, 0) is 32.0 Å². The third kappa shape index (κ3) is 2.19. The van der Waals surface area contributed by atoms with E-state index in [0.717, 1.165) is 33.0 Å². The van der Waals surface area contributed by atoms with E-state index in [2.05, 4.69) is 0 Å². The molecule has 2 nitrogen and oxygen atoms in total. The molecule has 0 spiro atoms. The lowest BCUT2D eigenvalue weighted by molar-refractivity contribution is 0.112. The van der Waals surface area contributed by atoms with Crippen molar-refractivity contribution in [3.63, 3.8) is 0 Å². The molecule has 0 aliphatic carbocycles. The van der Waals surface area contributed by atoms with Crippen molar-refractivity contribution >= 4 is 18.0 Å². The Hall–Kier alpha value is -1.48. The zero-order valence-electron chi connectivity index (χ0n) is 9.19. The summed E-state index contributed by atoms with van der Waals surface area (Å²) in [5, 5.41) is 0. The van der Waals surface area contributed by atoms with Gasteiger partial charge in [0, 0.05) is 10.5 Å². The highest BCUT2D eigenvalue weighted by Crippen LogP contribution is 2.32. The molecule has 0 fully saturated rings. The zero-order valence-corrected chi connectivity index (χ0v) is 10.0. The summed E-state index contributed by atoms with van der Waals surface area (Å²) in [4.78, 5) is 13.0. The maximum atomic E-state index is 11.0. The fourth-order valence-electron chi connectivity index (χ4n) is 1.45. The predicted molar refractivity (Wildman–Crippen MR) is 64.1 cm³/mol. The molecule has 0 unspecified atom stereocenters. The van der Waals surface area contributed by atoms with Crippen LogP contribution in [0.2, 0.25) is 0 Å². The van der Waals surface area contributed by atoms with Gasteiger partial charge in [0.05, 0.1) is 11.2 Å². The lowest BCUT2D eigenvalue weighted by Gasteiger charge is -2.04. The van der Waals surface area contributed by atoms with Gasteiger partial charge in [-0.15, -0.1) is 0 Å². The number of rotatable bonds is 3. The van der Waals surface area contributed by atoms with Gasteiger partial charge < -0.3 is 4.42 Å². The van der Waals surface area contributed by atoms with E-state index >= 15 is 0 Å². The largest absolute Gasteiger partial charge is 0.468 e. The maximum absolute atomic E-state index is 11.0. The number of aldehydes is 1. The van der Waals surface area contributed by atoms with Crippen LogP contribution in [0.1, 0.15) is 21.7 Å². The molecule has 2 rings (SSSR count). The SMILES string of the molecule is Cc1ccc(Sc2ccoc2C)c(C=O)c1. The Morgan fingerprint density at radius 1 is 1.19 bits per heavy atom. The summed E-state index contributed by atoms with van der Waals surface area (Å²) in [5.74, 6) is 0.877. The van der Waals surface area contributed by atoms with Crippen LogP contribution in [0.25, 0.3) is 0 Å². The molecule has 0 aliphatic rings. The van der Waals surface area contributed by atoms with Gasteiger partial charge in [0.15, 0.2) is 6.29 Å². The molecular formula is C13H12O2S. The van der Waals surface area contributed by atoms with Gasteiger partial charge in [0.25, 0.3) is 0 Å². The third-order valence-electron chi connectivity index (χ3n) is 2.32. The molecule has 3 heteroatoms. The average molecular weight is 232 g/mol. The first kappa shape index (κ1) is 11.0. The molecule has 0 saturated carbocycles. The predicted octanol–water partition coefficient (Wildman–Crippen LogP) is 3.86. The fourth-order valence-corrected chi connectivity index (χ4v) is 2.36. The molecule has 82 valence electrons. The number of furan rings is 1. The molecule has 0 amide bonds. The molecule has 0 radical (unpaired) electrons. The minimum Gasteiger partial charge on any atom is -0.468 e. The van der Waals surface area contributed by atoms with Gasteiger partial charge in [-0.25, -0.2) is 0 Å². The Morgan fingerprint density at radius 3 is 2.62 bits per heavy atom. The lowest BCUT2D eigenvalue weighted by Crippen LogP contribution is -1.86. The van der Waals surface area contributed by atoms with Crippen LogP contribution in [0, 0.1) is 13.8 Å². The zero-order chi connectivity index (χ0) is 11.5. The van der Waals surface area contributed by atoms with Crippen molar-refractivity contribution in [1.29, 1.82) is 0 Å². The van der Waals surface area contributed by atoms with Crippen LogP contribution in [-0.4, -0.2) is 6.29 Å². The van der Waals surface area contributed by atoms with E-state index in [1.807, 2.05) is 38.1 Å². The van der Waals surface area contributed by atoms with Gasteiger partial charge in [-0.2, -0.15) is 0 Å². The van der Waals surface area contributed by atoms with Gasteiger partial charge in [-0.3, -0.25) is 4.79 Å². The van der Waals surface area contributed by atoms with Gasteiger partial charge in [-0.1, -0.05) is 23.4 Å². The van der Waals surface area contributed by atoms with Crippen LogP contribution in [0.3, 0.4) is 0 Å². The number of benzene rings is 1. The average Bonchev–Trinajstić information content (AvgIpc) is 2.67. The van der Waals surface area contributed by atoms with Crippen molar-refractivity contribution < 1.29 is 9.21 Å². The maximum Gasteiger partial charge on any atom is 0.151 e. The molecule has 2 aromatic rings.